The van der Waals surface area contributed by atoms with Crippen LogP contribution in [0.15, 0.2) is 24.3 Å². The number of amides is 1. The summed E-state index contributed by atoms with van der Waals surface area (Å²) in [5, 5.41) is 8.86. The standard InChI is InChI=1S/C13H16F2N2O4/c14-11(15)8-21-6-5-12(18)17(7-13(19)20)10-4-2-1-3-9(10)16/h1-4,11H,5-8,16H2,(H,19,20). The zero-order valence-corrected chi connectivity index (χ0v) is 11.2. The summed E-state index contributed by atoms with van der Waals surface area (Å²) in [6, 6.07) is 6.30. The number of benzene rings is 1. The lowest BCUT2D eigenvalue weighted by Gasteiger charge is -2.22. The molecule has 8 heteroatoms. The van der Waals surface area contributed by atoms with E-state index in [0.717, 1.165) is 4.90 Å². The first-order valence-electron chi connectivity index (χ1n) is 6.14. The summed E-state index contributed by atoms with van der Waals surface area (Å²) in [5.41, 5.74) is 6.23. The van der Waals surface area contributed by atoms with Crippen molar-refractivity contribution in [3.63, 3.8) is 0 Å². The predicted octanol–water partition coefficient (Wildman–Crippen LogP) is 1.36. The molecule has 0 aliphatic carbocycles. The summed E-state index contributed by atoms with van der Waals surface area (Å²) in [4.78, 5) is 23.9. The minimum Gasteiger partial charge on any atom is -0.480 e. The zero-order valence-electron chi connectivity index (χ0n) is 11.2. The summed E-state index contributed by atoms with van der Waals surface area (Å²) in [6.07, 6.45) is -2.83. The van der Waals surface area contributed by atoms with E-state index in [-0.39, 0.29) is 24.4 Å². The van der Waals surface area contributed by atoms with Crippen LogP contribution in [0.2, 0.25) is 0 Å². The molecule has 116 valence electrons. The van der Waals surface area contributed by atoms with Crippen LogP contribution in [0.4, 0.5) is 20.2 Å². The van der Waals surface area contributed by atoms with Crippen molar-refractivity contribution >= 4 is 23.3 Å². The van der Waals surface area contributed by atoms with Crippen LogP contribution >= 0.6 is 0 Å². The monoisotopic (exact) mass is 302 g/mol. The summed E-state index contributed by atoms with van der Waals surface area (Å²) >= 11 is 0. The molecule has 0 saturated heterocycles. The molecule has 0 aliphatic rings. The molecule has 3 N–H and O–H groups in total. The molecule has 21 heavy (non-hydrogen) atoms. The number of carbonyl (C=O) groups is 2. The number of carboxylic acid groups (broad SMARTS) is 1. The molecule has 0 radical (unpaired) electrons. The van der Waals surface area contributed by atoms with Crippen molar-refractivity contribution in [3.05, 3.63) is 24.3 Å². The Morgan fingerprint density at radius 1 is 1.33 bits per heavy atom. The second-order valence-electron chi connectivity index (χ2n) is 4.15. The molecule has 1 aromatic carbocycles. The number of alkyl halides is 2. The molecule has 0 saturated carbocycles. The Labute approximate surface area is 120 Å². The fraction of sp³-hybridized carbons (Fsp3) is 0.385. The van der Waals surface area contributed by atoms with E-state index in [4.69, 9.17) is 10.8 Å². The van der Waals surface area contributed by atoms with Crippen LogP contribution in [-0.2, 0) is 14.3 Å². The van der Waals surface area contributed by atoms with Crippen LogP contribution in [-0.4, -0.2) is 43.2 Å². The predicted molar refractivity (Wildman–Crippen MR) is 72.3 cm³/mol. The SMILES string of the molecule is Nc1ccccc1N(CC(=O)O)C(=O)CCOCC(F)F. The second-order valence-corrected chi connectivity index (χ2v) is 4.15. The molecule has 0 aromatic heterocycles. The van der Waals surface area contributed by atoms with Crippen LogP contribution in [0.1, 0.15) is 6.42 Å². The van der Waals surface area contributed by atoms with Gasteiger partial charge in [-0.3, -0.25) is 14.5 Å². The van der Waals surface area contributed by atoms with Gasteiger partial charge in [-0.05, 0) is 12.1 Å². The molecule has 0 atom stereocenters. The Balaban J connectivity index is 2.72. The average Bonchev–Trinajstić information content (AvgIpc) is 2.41. The number of anilines is 2. The minimum absolute atomic E-state index is 0.214. The average molecular weight is 302 g/mol. The van der Waals surface area contributed by atoms with Gasteiger partial charge < -0.3 is 15.6 Å². The molecular formula is C13H16F2N2O4. The molecule has 0 bridgehead atoms. The quantitative estimate of drug-likeness (QED) is 0.558. The van der Waals surface area contributed by atoms with Crippen LogP contribution in [0, 0.1) is 0 Å². The normalized spacial score (nSPS) is 10.6. The third-order valence-corrected chi connectivity index (χ3v) is 2.53. The fourth-order valence-electron chi connectivity index (χ4n) is 1.64. The number of nitrogens with two attached hydrogens (primary N) is 1. The first-order chi connectivity index (χ1) is 9.91. The summed E-state index contributed by atoms with van der Waals surface area (Å²) in [5.74, 6) is -1.77. The van der Waals surface area contributed by atoms with E-state index in [1.807, 2.05) is 0 Å². The molecule has 0 fully saturated rings. The van der Waals surface area contributed by atoms with Crippen molar-refractivity contribution in [1.29, 1.82) is 0 Å². The number of carbonyl (C=O) groups excluding carboxylic acids is 1. The molecule has 1 amide bonds. The molecule has 6 nitrogen and oxygen atoms in total. The molecule has 0 spiro atoms. The van der Waals surface area contributed by atoms with Gasteiger partial charge in [0.25, 0.3) is 6.43 Å². The van der Waals surface area contributed by atoms with Gasteiger partial charge in [0, 0.05) is 0 Å². The van der Waals surface area contributed by atoms with Crippen LogP contribution in [0.25, 0.3) is 0 Å². The maximum atomic E-state index is 12.0. The lowest BCUT2D eigenvalue weighted by Crippen LogP contribution is -2.36. The molecule has 1 rings (SSSR count). The number of aliphatic carboxylic acids is 1. The lowest BCUT2D eigenvalue weighted by atomic mass is 10.2. The van der Waals surface area contributed by atoms with Crippen molar-refractivity contribution in [2.45, 2.75) is 12.8 Å². The second kappa shape index (κ2) is 8.15. The van der Waals surface area contributed by atoms with Crippen LogP contribution < -0.4 is 10.6 Å². The first-order valence-corrected chi connectivity index (χ1v) is 6.14. The number of nitrogen functional groups attached to an aromatic ring is 1. The first kappa shape index (κ1) is 16.8. The van der Waals surface area contributed by atoms with Gasteiger partial charge in [0.1, 0.15) is 13.2 Å². The molecule has 0 unspecified atom stereocenters. The lowest BCUT2D eigenvalue weighted by molar-refractivity contribution is -0.136. The highest BCUT2D eigenvalue weighted by Gasteiger charge is 2.20. The smallest absolute Gasteiger partial charge is 0.323 e. The van der Waals surface area contributed by atoms with Crippen molar-refractivity contribution in [3.8, 4) is 0 Å². The highest BCUT2D eigenvalue weighted by Crippen LogP contribution is 2.23. The summed E-state index contributed by atoms with van der Waals surface area (Å²) in [7, 11) is 0. The van der Waals surface area contributed by atoms with Gasteiger partial charge >= 0.3 is 5.97 Å². The van der Waals surface area contributed by atoms with E-state index in [1.54, 1.807) is 12.1 Å². The number of ether oxygens (including phenoxy) is 1. The van der Waals surface area contributed by atoms with Crippen LogP contribution in [0.5, 0.6) is 0 Å². The highest BCUT2D eigenvalue weighted by atomic mass is 19.3. The Kier molecular flexibility index (Phi) is 6.54. The Morgan fingerprint density at radius 2 is 2.00 bits per heavy atom. The third-order valence-electron chi connectivity index (χ3n) is 2.53. The van der Waals surface area contributed by atoms with E-state index in [9.17, 15) is 18.4 Å². The van der Waals surface area contributed by atoms with E-state index in [0.29, 0.717) is 0 Å². The van der Waals surface area contributed by atoms with Gasteiger partial charge in [0.2, 0.25) is 5.91 Å². The molecular weight excluding hydrogens is 286 g/mol. The van der Waals surface area contributed by atoms with Crippen molar-refractivity contribution < 1.29 is 28.2 Å². The zero-order chi connectivity index (χ0) is 15.8. The summed E-state index contributed by atoms with van der Waals surface area (Å²) < 4.78 is 28.4. The fourth-order valence-corrected chi connectivity index (χ4v) is 1.64. The Bertz CT molecular complexity index is 497. The van der Waals surface area contributed by atoms with E-state index >= 15 is 0 Å². The van der Waals surface area contributed by atoms with Crippen LogP contribution in [0.3, 0.4) is 0 Å². The van der Waals surface area contributed by atoms with Gasteiger partial charge in [-0.1, -0.05) is 12.1 Å². The van der Waals surface area contributed by atoms with Gasteiger partial charge in [0.15, 0.2) is 0 Å². The maximum absolute atomic E-state index is 12.0. The minimum atomic E-state index is -2.61. The van der Waals surface area contributed by atoms with Crippen molar-refractivity contribution in [1.82, 2.24) is 0 Å². The van der Waals surface area contributed by atoms with E-state index in [1.165, 1.54) is 12.1 Å². The van der Waals surface area contributed by atoms with Gasteiger partial charge in [-0.25, -0.2) is 8.78 Å². The van der Waals surface area contributed by atoms with E-state index in [2.05, 4.69) is 4.74 Å². The van der Waals surface area contributed by atoms with Gasteiger partial charge in [-0.2, -0.15) is 0 Å². The number of carboxylic acids is 1. The number of rotatable bonds is 8. The number of hydrogen-bond donors (Lipinski definition) is 2. The maximum Gasteiger partial charge on any atom is 0.323 e. The number of para-hydroxylation sites is 2. The number of nitrogens with zero attached hydrogens (tertiary/aromatic N) is 1. The van der Waals surface area contributed by atoms with Gasteiger partial charge in [0.05, 0.1) is 24.4 Å². The van der Waals surface area contributed by atoms with E-state index < -0.39 is 31.5 Å². The third kappa shape index (κ3) is 5.74. The number of hydrogen-bond acceptors (Lipinski definition) is 4. The molecule has 0 heterocycles. The molecule has 1 aromatic rings. The van der Waals surface area contributed by atoms with Crippen molar-refractivity contribution in [2.75, 3.05) is 30.4 Å². The van der Waals surface area contributed by atoms with Gasteiger partial charge in [-0.15, -0.1) is 0 Å². The topological polar surface area (TPSA) is 92.9 Å². The van der Waals surface area contributed by atoms with Crippen molar-refractivity contribution in [2.24, 2.45) is 0 Å². The number of halogens is 2. The highest BCUT2D eigenvalue weighted by molar-refractivity contribution is 5.99. The Morgan fingerprint density at radius 3 is 2.57 bits per heavy atom. The summed E-state index contributed by atoms with van der Waals surface area (Å²) in [6.45, 7) is -1.55. The Hall–Kier alpha value is -2.22. The molecule has 0 aliphatic heterocycles. The largest absolute Gasteiger partial charge is 0.480 e.